The van der Waals surface area contributed by atoms with Crippen LogP contribution in [0.2, 0.25) is 0 Å². The van der Waals surface area contributed by atoms with E-state index in [9.17, 15) is 4.79 Å². The summed E-state index contributed by atoms with van der Waals surface area (Å²) >= 11 is 1.72. The largest absolute Gasteiger partial charge is 0.353 e. The van der Waals surface area contributed by atoms with E-state index in [0.29, 0.717) is 18.0 Å². The van der Waals surface area contributed by atoms with Crippen molar-refractivity contribution in [1.82, 2.24) is 10.6 Å². The molecule has 2 atom stereocenters. The van der Waals surface area contributed by atoms with Gasteiger partial charge in [-0.1, -0.05) is 25.6 Å². The van der Waals surface area contributed by atoms with Crippen molar-refractivity contribution in [2.75, 3.05) is 5.75 Å². The molecule has 0 spiro atoms. The van der Waals surface area contributed by atoms with Crippen LogP contribution in [-0.2, 0) is 4.79 Å². The molecule has 0 bridgehead atoms. The Morgan fingerprint density at radius 1 is 1.33 bits per heavy atom. The smallest absolute Gasteiger partial charge is 0.242 e. The summed E-state index contributed by atoms with van der Waals surface area (Å²) in [4.78, 5) is 16.5. The number of hydrogen-bond donors (Lipinski definition) is 2. The molecule has 2 unspecified atom stereocenters. The van der Waals surface area contributed by atoms with Crippen LogP contribution in [0.5, 0.6) is 0 Å². The molecular formula is C13H23N3OS. The van der Waals surface area contributed by atoms with Gasteiger partial charge in [-0.25, -0.2) is 0 Å². The summed E-state index contributed by atoms with van der Waals surface area (Å²) in [7, 11) is 0. The molecule has 1 aliphatic carbocycles. The van der Waals surface area contributed by atoms with Crippen LogP contribution in [0.1, 0.15) is 40.0 Å². The maximum atomic E-state index is 11.8. The van der Waals surface area contributed by atoms with Crippen LogP contribution < -0.4 is 10.6 Å². The number of hydrogen-bond acceptors (Lipinski definition) is 4. The third-order valence-corrected chi connectivity index (χ3v) is 4.30. The number of carbonyl (C=O) groups is 1. The van der Waals surface area contributed by atoms with E-state index in [4.69, 9.17) is 0 Å². The first-order valence-corrected chi connectivity index (χ1v) is 7.82. The zero-order chi connectivity index (χ0) is 13.1. The molecular weight excluding hydrogens is 246 g/mol. The third-order valence-electron chi connectivity index (χ3n) is 3.36. The monoisotopic (exact) mass is 269 g/mol. The van der Waals surface area contributed by atoms with Gasteiger partial charge in [-0.3, -0.25) is 9.79 Å². The van der Waals surface area contributed by atoms with E-state index in [1.54, 1.807) is 11.8 Å². The molecule has 0 aromatic heterocycles. The molecule has 0 saturated heterocycles. The first-order chi connectivity index (χ1) is 8.56. The second kappa shape index (κ2) is 5.95. The van der Waals surface area contributed by atoms with Crippen molar-refractivity contribution >= 4 is 22.8 Å². The van der Waals surface area contributed by atoms with Gasteiger partial charge in [0.2, 0.25) is 5.91 Å². The molecule has 1 aliphatic heterocycles. The molecule has 2 N–H and O–H groups in total. The van der Waals surface area contributed by atoms with Gasteiger partial charge in [0.15, 0.2) is 5.17 Å². The molecule has 2 rings (SSSR count). The minimum atomic E-state index is -0.192. The molecule has 1 heterocycles. The van der Waals surface area contributed by atoms with Crippen LogP contribution in [0.15, 0.2) is 4.99 Å². The number of nitrogens with one attached hydrogen (secondary N) is 2. The van der Waals surface area contributed by atoms with Crippen LogP contribution in [0.4, 0.5) is 0 Å². The number of rotatable bonds is 4. The maximum Gasteiger partial charge on any atom is 0.242 e. The van der Waals surface area contributed by atoms with Crippen molar-refractivity contribution in [2.24, 2.45) is 10.9 Å². The lowest BCUT2D eigenvalue weighted by Crippen LogP contribution is -2.45. The lowest BCUT2D eigenvalue weighted by Gasteiger charge is -2.25. The molecule has 2 aliphatic rings. The fourth-order valence-electron chi connectivity index (χ4n) is 1.89. The molecule has 102 valence electrons. The van der Waals surface area contributed by atoms with Crippen LogP contribution in [0.3, 0.4) is 0 Å². The average molecular weight is 269 g/mol. The van der Waals surface area contributed by atoms with Crippen molar-refractivity contribution in [3.63, 3.8) is 0 Å². The summed E-state index contributed by atoms with van der Waals surface area (Å²) in [5.41, 5.74) is 0. The second-order valence-corrected chi connectivity index (χ2v) is 6.62. The molecule has 1 amide bonds. The number of carbonyl (C=O) groups excluding carboxylic acids is 1. The van der Waals surface area contributed by atoms with E-state index in [0.717, 1.165) is 30.2 Å². The molecule has 5 heteroatoms. The summed E-state index contributed by atoms with van der Waals surface area (Å²) in [6.07, 6.45) is 3.39. The maximum absolute atomic E-state index is 11.8. The van der Waals surface area contributed by atoms with Gasteiger partial charge in [-0.05, 0) is 32.1 Å². The van der Waals surface area contributed by atoms with Crippen LogP contribution in [0.25, 0.3) is 0 Å². The number of thioether (sulfide) groups is 1. The number of amides is 1. The number of nitrogens with zero attached hydrogens (tertiary/aromatic N) is 1. The molecule has 18 heavy (non-hydrogen) atoms. The molecule has 4 nitrogen and oxygen atoms in total. The van der Waals surface area contributed by atoms with Crippen LogP contribution in [0, 0.1) is 5.92 Å². The summed E-state index contributed by atoms with van der Waals surface area (Å²) < 4.78 is 0. The predicted octanol–water partition coefficient (Wildman–Crippen LogP) is 1.76. The van der Waals surface area contributed by atoms with Gasteiger partial charge < -0.3 is 10.6 Å². The molecule has 1 fully saturated rings. The highest BCUT2D eigenvalue weighted by atomic mass is 32.2. The number of aliphatic imine (C=N–C) groups is 1. The van der Waals surface area contributed by atoms with Crippen molar-refractivity contribution in [3.05, 3.63) is 0 Å². The quantitative estimate of drug-likeness (QED) is 0.817. The minimum Gasteiger partial charge on any atom is -0.353 e. The highest BCUT2D eigenvalue weighted by molar-refractivity contribution is 8.13. The van der Waals surface area contributed by atoms with E-state index in [1.165, 1.54) is 0 Å². The SMILES string of the molecule is CC(NC1=NC(C(C)C)CCS1)C(=O)NC1CC1. The zero-order valence-corrected chi connectivity index (χ0v) is 12.2. The summed E-state index contributed by atoms with van der Waals surface area (Å²) in [5, 5.41) is 7.18. The molecule has 1 saturated carbocycles. The molecule has 0 radical (unpaired) electrons. The van der Waals surface area contributed by atoms with Gasteiger partial charge >= 0.3 is 0 Å². The highest BCUT2D eigenvalue weighted by Crippen LogP contribution is 2.22. The lowest BCUT2D eigenvalue weighted by molar-refractivity contribution is -0.122. The van der Waals surface area contributed by atoms with Gasteiger partial charge in [0, 0.05) is 11.8 Å². The van der Waals surface area contributed by atoms with Crippen molar-refractivity contribution in [1.29, 1.82) is 0 Å². The summed E-state index contributed by atoms with van der Waals surface area (Å²) in [6.45, 7) is 6.30. The van der Waals surface area contributed by atoms with Gasteiger partial charge in [-0.15, -0.1) is 0 Å². The first-order valence-electron chi connectivity index (χ1n) is 6.83. The number of amidine groups is 1. The lowest BCUT2D eigenvalue weighted by atomic mass is 10.0. The standard InChI is InChI=1S/C13H23N3OS/c1-8(2)11-6-7-18-13(16-11)14-9(3)12(17)15-10-4-5-10/h8-11H,4-7H2,1-3H3,(H,14,16)(H,15,17). The Balaban J connectivity index is 1.85. The third kappa shape index (κ3) is 3.90. The zero-order valence-electron chi connectivity index (χ0n) is 11.4. The first kappa shape index (κ1) is 13.7. The van der Waals surface area contributed by atoms with E-state index >= 15 is 0 Å². The van der Waals surface area contributed by atoms with E-state index in [1.807, 2.05) is 6.92 Å². The Morgan fingerprint density at radius 3 is 2.67 bits per heavy atom. The Hall–Kier alpha value is -0.710. The molecule has 0 aromatic rings. The average Bonchev–Trinajstić information content (AvgIpc) is 3.13. The Kier molecular flexibility index (Phi) is 4.54. The fraction of sp³-hybridized carbons (Fsp3) is 0.846. The van der Waals surface area contributed by atoms with Crippen molar-refractivity contribution < 1.29 is 4.79 Å². The predicted molar refractivity (Wildman–Crippen MR) is 76.9 cm³/mol. The van der Waals surface area contributed by atoms with Gasteiger partial charge in [0.25, 0.3) is 0 Å². The Morgan fingerprint density at radius 2 is 2.06 bits per heavy atom. The minimum absolute atomic E-state index is 0.0903. The Bertz CT molecular complexity index is 339. The summed E-state index contributed by atoms with van der Waals surface area (Å²) in [6, 6.07) is 0.626. The summed E-state index contributed by atoms with van der Waals surface area (Å²) in [5.74, 6) is 1.75. The van der Waals surface area contributed by atoms with E-state index in [2.05, 4.69) is 29.5 Å². The van der Waals surface area contributed by atoms with Gasteiger partial charge in [-0.2, -0.15) is 0 Å². The van der Waals surface area contributed by atoms with Gasteiger partial charge in [0.1, 0.15) is 6.04 Å². The van der Waals surface area contributed by atoms with Gasteiger partial charge in [0.05, 0.1) is 6.04 Å². The van der Waals surface area contributed by atoms with E-state index < -0.39 is 0 Å². The van der Waals surface area contributed by atoms with Crippen molar-refractivity contribution in [2.45, 2.75) is 58.2 Å². The molecule has 0 aromatic carbocycles. The second-order valence-electron chi connectivity index (χ2n) is 5.53. The van der Waals surface area contributed by atoms with E-state index in [-0.39, 0.29) is 11.9 Å². The van der Waals surface area contributed by atoms with Crippen LogP contribution >= 0.6 is 11.8 Å². The fourth-order valence-corrected chi connectivity index (χ4v) is 2.92. The van der Waals surface area contributed by atoms with Crippen LogP contribution in [-0.4, -0.2) is 35.0 Å². The highest BCUT2D eigenvalue weighted by Gasteiger charge is 2.26. The topological polar surface area (TPSA) is 53.5 Å². The Labute approximate surface area is 113 Å². The van der Waals surface area contributed by atoms with Crippen molar-refractivity contribution in [3.8, 4) is 0 Å². The normalized spacial score (nSPS) is 25.6.